The molecule has 1 aliphatic carbocycles. The fourth-order valence-electron chi connectivity index (χ4n) is 3.39. The van der Waals surface area contributed by atoms with Gasteiger partial charge in [0.2, 0.25) is 5.91 Å². The number of nitrogens with zero attached hydrogens (tertiary/aromatic N) is 1. The minimum atomic E-state index is -1.14. The van der Waals surface area contributed by atoms with Gasteiger partial charge in [0.1, 0.15) is 12.1 Å². The molecule has 2 N–H and O–H groups in total. The minimum absolute atomic E-state index is 0.0817. The second kappa shape index (κ2) is 6.74. The number of amides is 4. The van der Waals surface area contributed by atoms with Crippen LogP contribution >= 0.6 is 0 Å². The van der Waals surface area contributed by atoms with E-state index in [1.54, 1.807) is 6.92 Å². The van der Waals surface area contributed by atoms with Crippen LogP contribution in [-0.4, -0.2) is 35.3 Å². The molecule has 6 nitrogen and oxygen atoms in total. The maximum absolute atomic E-state index is 12.9. The number of benzene rings is 1. The van der Waals surface area contributed by atoms with E-state index in [-0.39, 0.29) is 18.5 Å². The van der Waals surface area contributed by atoms with Gasteiger partial charge in [-0.15, -0.1) is 0 Å². The van der Waals surface area contributed by atoms with Crippen LogP contribution in [0, 0.1) is 5.92 Å². The van der Waals surface area contributed by atoms with Gasteiger partial charge in [0.05, 0.1) is 0 Å². The summed E-state index contributed by atoms with van der Waals surface area (Å²) in [4.78, 5) is 38.4. The summed E-state index contributed by atoms with van der Waals surface area (Å²) < 4.78 is 0. The first kappa shape index (κ1) is 18.4. The Balaban J connectivity index is 1.71. The van der Waals surface area contributed by atoms with E-state index in [0.29, 0.717) is 11.8 Å². The molecule has 26 heavy (non-hydrogen) atoms. The second-order valence-electron chi connectivity index (χ2n) is 7.92. The molecule has 0 radical (unpaired) electrons. The first-order valence-corrected chi connectivity index (χ1v) is 9.26. The van der Waals surface area contributed by atoms with Gasteiger partial charge in [-0.1, -0.05) is 38.1 Å². The summed E-state index contributed by atoms with van der Waals surface area (Å²) in [7, 11) is 0. The van der Waals surface area contributed by atoms with E-state index in [1.165, 1.54) is 5.56 Å². The van der Waals surface area contributed by atoms with Crippen molar-refractivity contribution in [3.63, 3.8) is 0 Å². The van der Waals surface area contributed by atoms with Crippen LogP contribution in [-0.2, 0) is 15.1 Å². The third kappa shape index (κ3) is 3.45. The lowest BCUT2D eigenvalue weighted by Gasteiger charge is -2.23. The molecule has 4 amide bonds. The highest BCUT2D eigenvalue weighted by Crippen LogP contribution is 2.32. The molecule has 140 valence electrons. The van der Waals surface area contributed by atoms with Crippen molar-refractivity contribution in [1.29, 1.82) is 0 Å². The molecule has 0 spiro atoms. The average molecular weight is 357 g/mol. The lowest BCUT2D eigenvalue weighted by atomic mass is 9.90. The molecule has 1 saturated carbocycles. The standard InChI is InChI=1S/C20H27N3O3/c1-12(2)14-7-9-16(10-8-14)20(4)18(25)23(19(26)22-20)11-17(24)21-13(3)15-5-6-15/h7-10,12-13,15H,5-6,11H2,1-4H3,(H,21,24)(H,22,26)/t13-,20+/m0/s1. The van der Waals surface area contributed by atoms with Crippen molar-refractivity contribution >= 4 is 17.8 Å². The summed E-state index contributed by atoms with van der Waals surface area (Å²) in [5, 5.41) is 5.63. The number of nitrogens with one attached hydrogen (secondary N) is 2. The lowest BCUT2D eigenvalue weighted by molar-refractivity contribution is -0.135. The lowest BCUT2D eigenvalue weighted by Crippen LogP contribution is -2.45. The van der Waals surface area contributed by atoms with E-state index < -0.39 is 17.5 Å². The van der Waals surface area contributed by atoms with Crippen molar-refractivity contribution in [2.45, 2.75) is 58.0 Å². The molecule has 2 atom stereocenters. The van der Waals surface area contributed by atoms with Gasteiger partial charge in [0, 0.05) is 6.04 Å². The SMILES string of the molecule is CC(C)c1ccc([C@@]2(C)NC(=O)N(CC(=O)N[C@@H](C)C3CC3)C2=O)cc1. The highest BCUT2D eigenvalue weighted by atomic mass is 16.2. The minimum Gasteiger partial charge on any atom is -0.352 e. The van der Waals surface area contributed by atoms with Gasteiger partial charge in [0.15, 0.2) is 0 Å². The predicted molar refractivity (Wildman–Crippen MR) is 98.5 cm³/mol. The highest BCUT2D eigenvalue weighted by Gasteiger charge is 2.49. The summed E-state index contributed by atoms with van der Waals surface area (Å²) in [6.45, 7) is 7.59. The van der Waals surface area contributed by atoms with Crippen LogP contribution in [0.2, 0.25) is 0 Å². The molecule has 2 aliphatic rings. The molecule has 1 heterocycles. The van der Waals surface area contributed by atoms with Crippen LogP contribution in [0.25, 0.3) is 0 Å². The fourth-order valence-corrected chi connectivity index (χ4v) is 3.39. The van der Waals surface area contributed by atoms with Crippen LogP contribution in [0.5, 0.6) is 0 Å². The molecule has 6 heteroatoms. The zero-order chi connectivity index (χ0) is 19.1. The normalized spacial score (nSPS) is 24.0. The largest absolute Gasteiger partial charge is 0.352 e. The Morgan fingerprint density at radius 2 is 1.85 bits per heavy atom. The van der Waals surface area contributed by atoms with Gasteiger partial charge in [-0.3, -0.25) is 14.5 Å². The van der Waals surface area contributed by atoms with Gasteiger partial charge in [-0.2, -0.15) is 0 Å². The third-order valence-corrected chi connectivity index (χ3v) is 5.45. The molecule has 1 saturated heterocycles. The van der Waals surface area contributed by atoms with Crippen molar-refractivity contribution in [2.24, 2.45) is 5.92 Å². The van der Waals surface area contributed by atoms with Gasteiger partial charge in [-0.05, 0) is 49.7 Å². The topological polar surface area (TPSA) is 78.5 Å². The Kier molecular flexibility index (Phi) is 4.78. The molecule has 0 aromatic heterocycles. The molecule has 0 bridgehead atoms. The molecule has 1 aromatic carbocycles. The van der Waals surface area contributed by atoms with Crippen LogP contribution in [0.4, 0.5) is 4.79 Å². The third-order valence-electron chi connectivity index (χ3n) is 5.45. The first-order valence-electron chi connectivity index (χ1n) is 9.26. The van der Waals surface area contributed by atoms with Crippen molar-refractivity contribution in [3.8, 4) is 0 Å². The monoisotopic (exact) mass is 357 g/mol. The molecule has 1 aliphatic heterocycles. The van der Waals surface area contributed by atoms with E-state index in [4.69, 9.17) is 0 Å². The van der Waals surface area contributed by atoms with Crippen LogP contribution < -0.4 is 10.6 Å². The summed E-state index contributed by atoms with van der Waals surface area (Å²) in [6.07, 6.45) is 2.24. The predicted octanol–water partition coefficient (Wildman–Crippen LogP) is 2.49. The van der Waals surface area contributed by atoms with Gasteiger partial charge < -0.3 is 10.6 Å². The van der Waals surface area contributed by atoms with Crippen LogP contribution in [0.15, 0.2) is 24.3 Å². The molecule has 1 aromatic rings. The summed E-state index contributed by atoms with van der Waals surface area (Å²) in [5.74, 6) is 0.215. The smallest absolute Gasteiger partial charge is 0.325 e. The maximum atomic E-state index is 12.9. The molecule has 3 rings (SSSR count). The number of hydrogen-bond donors (Lipinski definition) is 2. The highest BCUT2D eigenvalue weighted by molar-refractivity contribution is 6.09. The average Bonchev–Trinajstić information content (AvgIpc) is 3.41. The van der Waals surface area contributed by atoms with Crippen molar-refractivity contribution in [2.75, 3.05) is 6.54 Å². The van der Waals surface area contributed by atoms with Crippen LogP contribution in [0.3, 0.4) is 0 Å². The Labute approximate surface area is 154 Å². The summed E-state index contributed by atoms with van der Waals surface area (Å²) >= 11 is 0. The van der Waals surface area contributed by atoms with Gasteiger partial charge in [-0.25, -0.2) is 4.79 Å². The second-order valence-corrected chi connectivity index (χ2v) is 7.92. The first-order chi connectivity index (χ1) is 12.2. The van der Waals surface area contributed by atoms with Crippen molar-refractivity contribution < 1.29 is 14.4 Å². The van der Waals surface area contributed by atoms with Gasteiger partial charge >= 0.3 is 6.03 Å². The number of hydrogen-bond acceptors (Lipinski definition) is 3. The number of urea groups is 1. The quantitative estimate of drug-likeness (QED) is 0.768. The number of rotatable bonds is 6. The van der Waals surface area contributed by atoms with Gasteiger partial charge in [0.25, 0.3) is 5.91 Å². The number of carbonyl (C=O) groups excluding carboxylic acids is 3. The Hall–Kier alpha value is -2.37. The summed E-state index contributed by atoms with van der Waals surface area (Å²) in [6, 6.07) is 7.23. The van der Waals surface area contributed by atoms with E-state index >= 15 is 0 Å². The van der Waals surface area contributed by atoms with E-state index in [9.17, 15) is 14.4 Å². The molecule has 2 fully saturated rings. The van der Waals surface area contributed by atoms with E-state index in [1.807, 2.05) is 31.2 Å². The molecular formula is C20H27N3O3. The van der Waals surface area contributed by atoms with Crippen molar-refractivity contribution in [1.82, 2.24) is 15.5 Å². The number of imide groups is 1. The Morgan fingerprint density at radius 1 is 1.23 bits per heavy atom. The zero-order valence-electron chi connectivity index (χ0n) is 15.8. The molecular weight excluding hydrogens is 330 g/mol. The van der Waals surface area contributed by atoms with E-state index in [2.05, 4.69) is 24.5 Å². The Morgan fingerprint density at radius 3 is 2.38 bits per heavy atom. The Bertz CT molecular complexity index is 724. The van der Waals surface area contributed by atoms with Crippen molar-refractivity contribution in [3.05, 3.63) is 35.4 Å². The number of carbonyl (C=O) groups is 3. The van der Waals surface area contributed by atoms with Crippen LogP contribution in [0.1, 0.15) is 57.6 Å². The molecule has 0 unspecified atom stereocenters. The summed E-state index contributed by atoms with van der Waals surface area (Å²) in [5.41, 5.74) is 0.739. The zero-order valence-corrected chi connectivity index (χ0v) is 15.8. The fraction of sp³-hybridized carbons (Fsp3) is 0.550. The maximum Gasteiger partial charge on any atom is 0.325 e. The van der Waals surface area contributed by atoms with E-state index in [0.717, 1.165) is 23.3 Å².